The van der Waals surface area contributed by atoms with Crippen LogP contribution in [-0.2, 0) is 9.57 Å². The number of anilines is 1. The Balaban J connectivity index is 1.72. The molecule has 4 atom stereocenters. The number of hydrogen-bond acceptors (Lipinski definition) is 10. The number of ether oxygens (including phenoxy) is 1. The second-order valence-electron chi connectivity index (χ2n) is 6.12. The van der Waals surface area contributed by atoms with Gasteiger partial charge < -0.3 is 30.4 Å². The SMILES string of the molecule is CN(CCCON)C[C@H]1O[C@@H](n2cnc3c(N)ncnc32)[C@H](O)[C@@H]1O. The quantitative estimate of drug-likeness (QED) is 0.332. The average Bonchev–Trinajstić information content (AvgIpc) is 3.13. The summed E-state index contributed by atoms with van der Waals surface area (Å²) in [6, 6.07) is 0. The molecule has 3 rings (SSSR count). The minimum atomic E-state index is -1.11. The Morgan fingerprint density at radius 2 is 2.12 bits per heavy atom. The first-order valence-electron chi connectivity index (χ1n) is 7.97. The van der Waals surface area contributed by atoms with Gasteiger partial charge in [0.05, 0.1) is 12.9 Å². The van der Waals surface area contributed by atoms with Gasteiger partial charge in [-0.3, -0.25) is 4.57 Å². The molecule has 2 aromatic heterocycles. The molecule has 6 N–H and O–H groups in total. The van der Waals surface area contributed by atoms with Crippen molar-refractivity contribution in [2.24, 2.45) is 5.90 Å². The van der Waals surface area contributed by atoms with E-state index in [0.29, 0.717) is 24.3 Å². The van der Waals surface area contributed by atoms with Crippen molar-refractivity contribution in [2.45, 2.75) is 31.0 Å². The lowest BCUT2D eigenvalue weighted by Gasteiger charge is -2.22. The molecule has 0 saturated carbocycles. The van der Waals surface area contributed by atoms with Crippen LogP contribution in [-0.4, -0.2) is 79.7 Å². The molecule has 0 amide bonds. The van der Waals surface area contributed by atoms with Crippen molar-refractivity contribution in [1.29, 1.82) is 0 Å². The van der Waals surface area contributed by atoms with E-state index in [-0.39, 0.29) is 5.82 Å². The maximum atomic E-state index is 10.4. The average molecular weight is 353 g/mol. The van der Waals surface area contributed by atoms with E-state index in [2.05, 4.69) is 19.8 Å². The topological polar surface area (TPSA) is 158 Å². The molecule has 25 heavy (non-hydrogen) atoms. The standard InChI is InChI=1S/C14H23N7O4/c1-20(3-2-4-24-16)5-8-10(22)11(23)14(25-8)21-7-19-9-12(15)17-6-18-13(9)21/h6-8,10-11,14,22-23H,2-5,16H2,1H3,(H2,15,17,18)/t8-,10-,11-,14-/m1/s1. The van der Waals surface area contributed by atoms with Gasteiger partial charge in [-0.25, -0.2) is 20.8 Å². The van der Waals surface area contributed by atoms with Gasteiger partial charge in [-0.1, -0.05) is 0 Å². The number of imidazole rings is 1. The third-order valence-electron chi connectivity index (χ3n) is 4.29. The summed E-state index contributed by atoms with van der Waals surface area (Å²) >= 11 is 0. The van der Waals surface area contributed by atoms with Gasteiger partial charge in [-0.05, 0) is 13.5 Å². The summed E-state index contributed by atoms with van der Waals surface area (Å²) in [6.45, 7) is 1.62. The molecule has 11 heteroatoms. The number of fused-ring (bicyclic) bond motifs is 1. The fraction of sp³-hybridized carbons (Fsp3) is 0.643. The smallest absolute Gasteiger partial charge is 0.167 e. The molecule has 138 valence electrons. The monoisotopic (exact) mass is 353 g/mol. The zero-order valence-electron chi connectivity index (χ0n) is 13.9. The van der Waals surface area contributed by atoms with Gasteiger partial charge in [-0.15, -0.1) is 0 Å². The van der Waals surface area contributed by atoms with Crippen LogP contribution in [0.2, 0.25) is 0 Å². The molecule has 0 bridgehead atoms. The molecule has 0 aliphatic carbocycles. The Bertz CT molecular complexity index is 712. The van der Waals surface area contributed by atoms with Crippen LogP contribution in [0.5, 0.6) is 0 Å². The van der Waals surface area contributed by atoms with E-state index in [1.807, 2.05) is 11.9 Å². The third kappa shape index (κ3) is 3.56. The van der Waals surface area contributed by atoms with E-state index >= 15 is 0 Å². The van der Waals surface area contributed by atoms with Crippen LogP contribution in [0.3, 0.4) is 0 Å². The van der Waals surface area contributed by atoms with E-state index in [4.69, 9.17) is 16.4 Å². The maximum absolute atomic E-state index is 10.4. The number of nitrogens with two attached hydrogens (primary N) is 2. The lowest BCUT2D eigenvalue weighted by molar-refractivity contribution is -0.0425. The number of rotatable bonds is 7. The molecule has 0 radical (unpaired) electrons. The zero-order chi connectivity index (χ0) is 18.0. The van der Waals surface area contributed by atoms with Crippen molar-refractivity contribution in [1.82, 2.24) is 24.4 Å². The number of nitrogens with zero attached hydrogens (tertiary/aromatic N) is 5. The van der Waals surface area contributed by atoms with Crippen molar-refractivity contribution in [3.05, 3.63) is 12.7 Å². The first-order chi connectivity index (χ1) is 12.0. The minimum Gasteiger partial charge on any atom is -0.387 e. The Hall–Kier alpha value is -1.89. The molecule has 0 aromatic carbocycles. The normalized spacial score (nSPS) is 26.8. The minimum absolute atomic E-state index is 0.246. The second-order valence-corrected chi connectivity index (χ2v) is 6.12. The van der Waals surface area contributed by atoms with E-state index in [1.165, 1.54) is 12.7 Å². The zero-order valence-corrected chi connectivity index (χ0v) is 13.9. The van der Waals surface area contributed by atoms with Crippen LogP contribution < -0.4 is 11.6 Å². The Kier molecular flexibility index (Phi) is 5.42. The highest BCUT2D eigenvalue weighted by atomic mass is 16.6. The second kappa shape index (κ2) is 7.56. The Labute approximate surface area is 144 Å². The molecule has 2 aromatic rings. The summed E-state index contributed by atoms with van der Waals surface area (Å²) in [7, 11) is 1.90. The maximum Gasteiger partial charge on any atom is 0.167 e. The number of likely N-dealkylation sites (N-methyl/N-ethyl adjacent to an activating group) is 1. The van der Waals surface area contributed by atoms with Crippen LogP contribution in [0.25, 0.3) is 11.2 Å². The van der Waals surface area contributed by atoms with Gasteiger partial charge in [-0.2, -0.15) is 0 Å². The molecule has 1 fully saturated rings. The van der Waals surface area contributed by atoms with Gasteiger partial charge in [0.1, 0.15) is 30.2 Å². The predicted molar refractivity (Wildman–Crippen MR) is 87.9 cm³/mol. The number of aliphatic hydroxyl groups excluding tert-OH is 2. The van der Waals surface area contributed by atoms with Crippen molar-refractivity contribution in [3.8, 4) is 0 Å². The van der Waals surface area contributed by atoms with Crippen molar-refractivity contribution >= 4 is 17.0 Å². The molecule has 11 nitrogen and oxygen atoms in total. The molecule has 1 aliphatic rings. The highest BCUT2D eigenvalue weighted by Crippen LogP contribution is 2.32. The summed E-state index contributed by atoms with van der Waals surface area (Å²) in [6.07, 6.45) is 0.0403. The van der Waals surface area contributed by atoms with E-state index in [0.717, 1.165) is 13.0 Å². The summed E-state index contributed by atoms with van der Waals surface area (Å²) in [5.41, 5.74) is 6.64. The van der Waals surface area contributed by atoms with E-state index in [9.17, 15) is 10.2 Å². The summed E-state index contributed by atoms with van der Waals surface area (Å²) in [5, 5.41) is 20.7. The van der Waals surface area contributed by atoms with Crippen molar-refractivity contribution < 1.29 is 19.8 Å². The molecule has 1 saturated heterocycles. The third-order valence-corrected chi connectivity index (χ3v) is 4.29. The van der Waals surface area contributed by atoms with Crippen LogP contribution in [0.1, 0.15) is 12.6 Å². The Morgan fingerprint density at radius 1 is 1.32 bits per heavy atom. The van der Waals surface area contributed by atoms with Gasteiger partial charge in [0.15, 0.2) is 17.7 Å². The largest absolute Gasteiger partial charge is 0.387 e. The molecule has 1 aliphatic heterocycles. The number of aromatic nitrogens is 4. The highest BCUT2D eigenvalue weighted by Gasteiger charge is 2.44. The van der Waals surface area contributed by atoms with Crippen LogP contribution in [0.15, 0.2) is 12.7 Å². The molecule has 0 spiro atoms. The van der Waals surface area contributed by atoms with Gasteiger partial charge >= 0.3 is 0 Å². The van der Waals surface area contributed by atoms with Gasteiger partial charge in [0, 0.05) is 13.1 Å². The molecule has 0 unspecified atom stereocenters. The lowest BCUT2D eigenvalue weighted by atomic mass is 10.1. The van der Waals surface area contributed by atoms with Crippen LogP contribution in [0.4, 0.5) is 5.82 Å². The molecule has 3 heterocycles. The van der Waals surface area contributed by atoms with E-state index in [1.54, 1.807) is 4.57 Å². The molecular formula is C14H23N7O4. The summed E-state index contributed by atoms with van der Waals surface area (Å²) < 4.78 is 7.44. The highest BCUT2D eigenvalue weighted by molar-refractivity contribution is 5.81. The Morgan fingerprint density at radius 3 is 2.88 bits per heavy atom. The van der Waals surface area contributed by atoms with Crippen molar-refractivity contribution in [3.63, 3.8) is 0 Å². The van der Waals surface area contributed by atoms with Crippen molar-refractivity contribution in [2.75, 3.05) is 32.5 Å². The summed E-state index contributed by atoms with van der Waals surface area (Å²) in [5.74, 6) is 5.25. The fourth-order valence-electron chi connectivity index (χ4n) is 2.98. The first-order valence-corrected chi connectivity index (χ1v) is 7.97. The predicted octanol–water partition coefficient (Wildman–Crippen LogP) is -1.76. The van der Waals surface area contributed by atoms with Crippen LogP contribution in [0, 0.1) is 0 Å². The number of nitrogen functional groups attached to an aromatic ring is 1. The first kappa shape index (κ1) is 17.9. The van der Waals surface area contributed by atoms with Gasteiger partial charge in [0.25, 0.3) is 0 Å². The lowest BCUT2D eigenvalue weighted by Crippen LogP contribution is -2.39. The number of hydrogen-bond donors (Lipinski definition) is 4. The molecular weight excluding hydrogens is 330 g/mol. The number of aliphatic hydroxyl groups is 2. The fourth-order valence-corrected chi connectivity index (χ4v) is 2.98. The van der Waals surface area contributed by atoms with Gasteiger partial charge in [0.2, 0.25) is 0 Å². The summed E-state index contributed by atoms with van der Waals surface area (Å²) in [4.78, 5) is 18.7. The van der Waals surface area contributed by atoms with Crippen LogP contribution >= 0.6 is 0 Å². The van der Waals surface area contributed by atoms with E-state index < -0.39 is 24.5 Å².